The molecule has 0 aliphatic heterocycles. The van der Waals surface area contributed by atoms with E-state index in [0.717, 1.165) is 0 Å². The first-order valence-electron chi connectivity index (χ1n) is 6.79. The highest BCUT2D eigenvalue weighted by atomic mass is 28.3. The van der Waals surface area contributed by atoms with Gasteiger partial charge in [0.2, 0.25) is 0 Å². The SMILES string of the molecule is C/C=C/[C@H](O)/C=C/[Si](C(C)C)(C(C)C)C(C)C. The van der Waals surface area contributed by atoms with Crippen LogP contribution in [0.25, 0.3) is 0 Å². The van der Waals surface area contributed by atoms with Crippen molar-refractivity contribution in [1.29, 1.82) is 0 Å². The van der Waals surface area contributed by atoms with Gasteiger partial charge in [0, 0.05) is 0 Å². The minimum absolute atomic E-state index is 0.428. The Labute approximate surface area is 109 Å². The lowest BCUT2D eigenvalue weighted by molar-refractivity contribution is 0.271. The fourth-order valence-electron chi connectivity index (χ4n) is 3.10. The van der Waals surface area contributed by atoms with Crippen molar-refractivity contribution in [2.24, 2.45) is 0 Å². The number of aliphatic hydroxyl groups excluding tert-OH is 1. The van der Waals surface area contributed by atoms with Gasteiger partial charge in [-0.05, 0) is 23.5 Å². The molecule has 0 saturated heterocycles. The van der Waals surface area contributed by atoms with Crippen LogP contribution in [-0.4, -0.2) is 19.3 Å². The summed E-state index contributed by atoms with van der Waals surface area (Å²) in [5.41, 5.74) is 4.49. The third-order valence-corrected chi connectivity index (χ3v) is 10.7. The molecule has 0 radical (unpaired) electrons. The van der Waals surface area contributed by atoms with Crippen LogP contribution in [0.1, 0.15) is 48.5 Å². The smallest absolute Gasteiger partial charge is 0.0898 e. The minimum atomic E-state index is -1.49. The maximum absolute atomic E-state index is 9.81. The van der Waals surface area contributed by atoms with Crippen LogP contribution in [0.4, 0.5) is 0 Å². The first-order valence-corrected chi connectivity index (χ1v) is 9.10. The molecule has 1 N–H and O–H groups in total. The summed E-state index contributed by atoms with van der Waals surface area (Å²) in [5.74, 6) is 0. The molecule has 0 bridgehead atoms. The number of rotatable bonds is 6. The lowest BCUT2D eigenvalue weighted by Crippen LogP contribution is -2.42. The van der Waals surface area contributed by atoms with Gasteiger partial charge in [0.25, 0.3) is 0 Å². The van der Waals surface area contributed by atoms with Crippen molar-refractivity contribution in [3.05, 3.63) is 23.9 Å². The third-order valence-electron chi connectivity index (χ3n) is 3.97. The van der Waals surface area contributed by atoms with Crippen LogP contribution in [0.15, 0.2) is 23.9 Å². The lowest BCUT2D eigenvalue weighted by atomic mass is 10.3. The summed E-state index contributed by atoms with van der Waals surface area (Å²) in [5, 5.41) is 9.81. The topological polar surface area (TPSA) is 20.2 Å². The molecule has 0 unspecified atom stereocenters. The zero-order chi connectivity index (χ0) is 13.6. The summed E-state index contributed by atoms with van der Waals surface area (Å²) in [6, 6.07) is 0. The molecule has 2 heteroatoms. The van der Waals surface area contributed by atoms with E-state index in [9.17, 15) is 5.11 Å². The molecule has 0 aromatic rings. The van der Waals surface area contributed by atoms with Crippen molar-refractivity contribution in [1.82, 2.24) is 0 Å². The highest BCUT2D eigenvalue weighted by Crippen LogP contribution is 2.42. The van der Waals surface area contributed by atoms with Gasteiger partial charge in [-0.25, -0.2) is 0 Å². The summed E-state index contributed by atoms with van der Waals surface area (Å²) < 4.78 is 0. The van der Waals surface area contributed by atoms with Crippen LogP contribution in [0.5, 0.6) is 0 Å². The van der Waals surface area contributed by atoms with Crippen molar-refractivity contribution in [2.75, 3.05) is 0 Å². The lowest BCUT2D eigenvalue weighted by Gasteiger charge is -2.40. The summed E-state index contributed by atoms with van der Waals surface area (Å²) in [6.45, 7) is 15.9. The van der Waals surface area contributed by atoms with Gasteiger partial charge < -0.3 is 5.11 Å². The molecule has 1 nitrogen and oxygen atoms in total. The fourth-order valence-corrected chi connectivity index (χ4v) is 8.79. The van der Waals surface area contributed by atoms with E-state index in [1.165, 1.54) is 0 Å². The van der Waals surface area contributed by atoms with Crippen molar-refractivity contribution in [3.8, 4) is 0 Å². The van der Waals surface area contributed by atoms with Gasteiger partial charge in [0.1, 0.15) is 0 Å². The van der Waals surface area contributed by atoms with E-state index in [1.807, 2.05) is 25.2 Å². The summed E-state index contributed by atoms with van der Waals surface area (Å²) in [7, 11) is -1.49. The van der Waals surface area contributed by atoms with Crippen LogP contribution < -0.4 is 0 Å². The number of hydrogen-bond acceptors (Lipinski definition) is 1. The zero-order valence-electron chi connectivity index (χ0n) is 12.6. The molecule has 0 amide bonds. The number of aliphatic hydroxyl groups is 1. The maximum atomic E-state index is 9.81. The van der Waals surface area contributed by atoms with Gasteiger partial charge in [-0.3, -0.25) is 0 Å². The first-order chi connectivity index (χ1) is 7.78. The van der Waals surface area contributed by atoms with Gasteiger partial charge in [-0.2, -0.15) is 0 Å². The molecule has 1 atom stereocenters. The van der Waals surface area contributed by atoms with E-state index in [2.05, 4.69) is 47.2 Å². The van der Waals surface area contributed by atoms with E-state index >= 15 is 0 Å². The summed E-state index contributed by atoms with van der Waals surface area (Å²) in [6.07, 6.45) is 5.30. The Morgan fingerprint density at radius 3 is 1.53 bits per heavy atom. The van der Waals surface area contributed by atoms with Crippen molar-refractivity contribution >= 4 is 8.07 Å². The molecule has 0 aromatic heterocycles. The highest BCUT2D eigenvalue weighted by Gasteiger charge is 2.40. The zero-order valence-corrected chi connectivity index (χ0v) is 13.6. The van der Waals surface area contributed by atoms with E-state index in [0.29, 0.717) is 16.6 Å². The first kappa shape index (κ1) is 16.7. The Hall–Kier alpha value is -0.343. The van der Waals surface area contributed by atoms with Crippen molar-refractivity contribution < 1.29 is 5.11 Å². The molecule has 0 rings (SSSR count). The standard InChI is InChI=1S/C15H30OSi/c1-8-9-15(16)10-11-17(12(2)3,13(4)5)14(6)7/h8-16H,1-7H3/b9-8+,11-10+/t15-/m0/s1. The quantitative estimate of drug-likeness (QED) is 0.538. The molecule has 0 aromatic carbocycles. The summed E-state index contributed by atoms with van der Waals surface area (Å²) >= 11 is 0. The Kier molecular flexibility index (Phi) is 7.03. The van der Waals surface area contributed by atoms with Crippen LogP contribution in [0.3, 0.4) is 0 Å². The second-order valence-electron chi connectivity index (χ2n) is 5.84. The highest BCUT2D eigenvalue weighted by molar-refractivity contribution is 6.87. The Morgan fingerprint density at radius 2 is 1.24 bits per heavy atom. The molecule has 0 aliphatic carbocycles. The average molecular weight is 254 g/mol. The molecule has 17 heavy (non-hydrogen) atoms. The molecule has 0 spiro atoms. The Bertz CT molecular complexity index is 242. The number of allylic oxidation sites excluding steroid dienone is 1. The van der Waals surface area contributed by atoms with E-state index < -0.39 is 14.2 Å². The summed E-state index contributed by atoms with van der Waals surface area (Å²) in [4.78, 5) is 0. The van der Waals surface area contributed by atoms with Crippen LogP contribution >= 0.6 is 0 Å². The fraction of sp³-hybridized carbons (Fsp3) is 0.733. The van der Waals surface area contributed by atoms with Crippen LogP contribution in [0, 0.1) is 0 Å². The molecular weight excluding hydrogens is 224 g/mol. The van der Waals surface area contributed by atoms with E-state index in [1.54, 1.807) is 0 Å². The molecular formula is C15H30OSi. The molecule has 0 fully saturated rings. The third kappa shape index (κ3) is 4.11. The monoisotopic (exact) mass is 254 g/mol. The Balaban J connectivity index is 5.19. The normalized spacial score (nSPS) is 15.9. The second-order valence-corrected chi connectivity index (χ2v) is 11.6. The average Bonchev–Trinajstić information content (AvgIpc) is 2.17. The van der Waals surface area contributed by atoms with Crippen molar-refractivity contribution in [2.45, 2.75) is 71.2 Å². The molecule has 100 valence electrons. The van der Waals surface area contributed by atoms with E-state index in [-0.39, 0.29) is 0 Å². The van der Waals surface area contributed by atoms with Crippen LogP contribution in [-0.2, 0) is 0 Å². The van der Waals surface area contributed by atoms with Gasteiger partial charge in [0.05, 0.1) is 14.2 Å². The second kappa shape index (κ2) is 7.17. The van der Waals surface area contributed by atoms with Gasteiger partial charge in [-0.15, -0.1) is 0 Å². The largest absolute Gasteiger partial charge is 0.385 e. The maximum Gasteiger partial charge on any atom is 0.0898 e. The molecule has 0 aliphatic rings. The number of hydrogen-bond donors (Lipinski definition) is 1. The Morgan fingerprint density at radius 1 is 0.824 bits per heavy atom. The van der Waals surface area contributed by atoms with Crippen molar-refractivity contribution in [3.63, 3.8) is 0 Å². The van der Waals surface area contributed by atoms with Gasteiger partial charge in [0.15, 0.2) is 0 Å². The van der Waals surface area contributed by atoms with Crippen LogP contribution in [0.2, 0.25) is 16.6 Å². The van der Waals surface area contributed by atoms with E-state index in [4.69, 9.17) is 0 Å². The minimum Gasteiger partial charge on any atom is -0.385 e. The predicted octanol–water partition coefficient (Wildman–Crippen LogP) is 4.70. The van der Waals surface area contributed by atoms with Gasteiger partial charge >= 0.3 is 0 Å². The molecule has 0 heterocycles. The predicted molar refractivity (Wildman–Crippen MR) is 81.0 cm³/mol. The molecule has 0 saturated carbocycles. The van der Waals surface area contributed by atoms with Gasteiger partial charge in [-0.1, -0.05) is 65.5 Å².